The first-order chi connectivity index (χ1) is 35.1. The third-order valence-electron chi connectivity index (χ3n) is 12.4. The molecule has 0 heterocycles. The minimum Gasteiger partial charge on any atom is -0.463 e. The molecule has 0 rings (SSSR count). The molecule has 0 fully saturated rings. The second-order valence-electron chi connectivity index (χ2n) is 20.1. The van der Waals surface area contributed by atoms with Crippen LogP contribution in [0.2, 0.25) is 0 Å². The van der Waals surface area contributed by atoms with Gasteiger partial charge in [0.1, 0.15) is 25.9 Å². The van der Waals surface area contributed by atoms with Gasteiger partial charge >= 0.3 is 17.9 Å². The molecule has 0 radical (unpaired) electrons. The molecule has 0 aromatic carbocycles. The van der Waals surface area contributed by atoms with Crippen LogP contribution in [0.15, 0.2) is 12.2 Å². The van der Waals surface area contributed by atoms with Gasteiger partial charge in [-0.15, -0.1) is 0 Å². The number of hydrogen-bond donors (Lipinski definition) is 2. The number of nitrogens with one attached hydrogen (secondary N) is 2. The topological polar surface area (TPSA) is 168 Å². The molecule has 0 aromatic rings. The zero-order valence-corrected chi connectivity index (χ0v) is 47.1. The number of hydrogen-bond acceptors (Lipinski definition) is 15. The first kappa shape index (κ1) is 69.8. The van der Waals surface area contributed by atoms with Gasteiger partial charge in [-0.2, -0.15) is 0 Å². The summed E-state index contributed by atoms with van der Waals surface area (Å²) < 4.78 is 55.6. The molecule has 2 unspecified atom stereocenters. The molecule has 15 heteroatoms. The third kappa shape index (κ3) is 54.1. The Morgan fingerprint density at radius 1 is 0.444 bits per heavy atom. The van der Waals surface area contributed by atoms with Crippen LogP contribution in [-0.2, 0) is 61.8 Å². The lowest BCUT2D eigenvalue weighted by Crippen LogP contribution is -2.31. The van der Waals surface area contributed by atoms with E-state index < -0.39 is 5.97 Å². The SMILES string of the molecule is CCCCCC/C=C\COC(=O)CCCCCCCOCC(COCCOCCOCCOCCOC(=O)CNCCOC(=O)CNCCOC)OCCC(C)CCC[C@H](C)CCC[C@H](C)CCCC(C)C. The number of allylic oxidation sites excluding steroid dienone is 1. The minimum absolute atomic E-state index is 0.0149. The zero-order valence-electron chi connectivity index (χ0n) is 47.1. The van der Waals surface area contributed by atoms with Gasteiger partial charge in [-0.05, 0) is 55.8 Å². The molecule has 72 heavy (non-hydrogen) atoms. The number of esters is 3. The fourth-order valence-electron chi connectivity index (χ4n) is 7.81. The van der Waals surface area contributed by atoms with Crippen molar-refractivity contribution >= 4 is 17.9 Å². The summed E-state index contributed by atoms with van der Waals surface area (Å²) in [6.45, 7) is 21.4. The Hall–Kier alpha value is -2.21. The van der Waals surface area contributed by atoms with Crippen LogP contribution >= 0.6 is 0 Å². The summed E-state index contributed by atoms with van der Waals surface area (Å²) in [5, 5.41) is 5.79. The smallest absolute Gasteiger partial charge is 0.320 e. The molecular weight excluding hydrogens is 921 g/mol. The van der Waals surface area contributed by atoms with Crippen LogP contribution in [0.5, 0.6) is 0 Å². The standard InChI is InChI=1S/C57H110N2O13/c1-8-9-10-11-12-16-19-34-70-55(60)29-17-14-13-15-18-33-67-48-54(69-35-30-53(6)28-22-27-52(5)26-21-25-51(4)24-20-23-50(2)3)49-68-43-42-65-39-38-64-40-41-66-44-45-72-57(62)47-59-32-37-71-56(61)46-58-31-36-63-7/h16,19,50-54,58-59H,8-15,17-18,20-49H2,1-7H3/b19-16-/t51-,52-,53?,54?/m1/s1. The van der Waals surface area contributed by atoms with Crippen molar-refractivity contribution < 1.29 is 61.8 Å². The van der Waals surface area contributed by atoms with Gasteiger partial charge < -0.3 is 58.0 Å². The molecular formula is C57H110N2O13. The van der Waals surface area contributed by atoms with Crippen molar-refractivity contribution in [1.82, 2.24) is 10.6 Å². The van der Waals surface area contributed by atoms with Crippen molar-refractivity contribution in [2.24, 2.45) is 23.7 Å². The fraction of sp³-hybridized carbons (Fsp3) is 0.912. The van der Waals surface area contributed by atoms with Crippen molar-refractivity contribution in [2.45, 2.75) is 182 Å². The van der Waals surface area contributed by atoms with E-state index in [-0.39, 0.29) is 51.0 Å². The van der Waals surface area contributed by atoms with Crippen molar-refractivity contribution in [1.29, 1.82) is 0 Å². The van der Waals surface area contributed by atoms with Gasteiger partial charge in [-0.25, -0.2) is 0 Å². The van der Waals surface area contributed by atoms with Gasteiger partial charge in [-0.1, -0.05) is 150 Å². The minimum atomic E-state index is -0.410. The quantitative estimate of drug-likeness (QED) is 0.0255. The van der Waals surface area contributed by atoms with E-state index in [2.05, 4.69) is 58.3 Å². The Balaban J connectivity index is 4.27. The number of ether oxygens (including phenoxy) is 10. The van der Waals surface area contributed by atoms with Crippen LogP contribution in [0.25, 0.3) is 0 Å². The Morgan fingerprint density at radius 3 is 1.54 bits per heavy atom. The van der Waals surface area contributed by atoms with Crippen LogP contribution in [-0.4, -0.2) is 156 Å². The molecule has 0 aliphatic carbocycles. The number of carbonyl (C=O) groups is 3. The van der Waals surface area contributed by atoms with E-state index in [1.54, 1.807) is 7.11 Å². The third-order valence-corrected chi connectivity index (χ3v) is 12.4. The van der Waals surface area contributed by atoms with E-state index in [0.717, 1.165) is 62.7 Å². The lowest BCUT2D eigenvalue weighted by molar-refractivity contribution is -0.144. The zero-order chi connectivity index (χ0) is 52.8. The van der Waals surface area contributed by atoms with Crippen molar-refractivity contribution in [3.8, 4) is 0 Å². The van der Waals surface area contributed by atoms with Crippen LogP contribution in [0.4, 0.5) is 0 Å². The summed E-state index contributed by atoms with van der Waals surface area (Å²) in [6, 6.07) is 0. The largest absolute Gasteiger partial charge is 0.463 e. The average molecular weight is 1030 g/mol. The van der Waals surface area contributed by atoms with Crippen LogP contribution in [0.1, 0.15) is 176 Å². The molecule has 15 nitrogen and oxygen atoms in total. The first-order valence-electron chi connectivity index (χ1n) is 28.6. The Morgan fingerprint density at radius 2 is 0.944 bits per heavy atom. The summed E-state index contributed by atoms with van der Waals surface area (Å²) >= 11 is 0. The monoisotopic (exact) mass is 1030 g/mol. The number of rotatable bonds is 57. The van der Waals surface area contributed by atoms with Gasteiger partial charge in [0.2, 0.25) is 0 Å². The Bertz CT molecular complexity index is 1210. The Labute approximate surface area is 439 Å². The van der Waals surface area contributed by atoms with Crippen LogP contribution < -0.4 is 10.6 Å². The molecule has 0 saturated heterocycles. The van der Waals surface area contributed by atoms with Gasteiger partial charge in [-0.3, -0.25) is 14.4 Å². The maximum atomic E-state index is 12.1. The second kappa shape index (κ2) is 55.0. The molecule has 426 valence electrons. The summed E-state index contributed by atoms with van der Waals surface area (Å²) in [4.78, 5) is 35.5. The molecule has 0 aliphatic rings. The Kier molecular flexibility index (Phi) is 53.3. The normalized spacial score (nSPS) is 13.4. The highest BCUT2D eigenvalue weighted by atomic mass is 16.6. The lowest BCUT2D eigenvalue weighted by atomic mass is 9.91. The summed E-state index contributed by atoms with van der Waals surface area (Å²) in [6.07, 6.45) is 28.5. The summed E-state index contributed by atoms with van der Waals surface area (Å²) in [5.41, 5.74) is 0. The second-order valence-corrected chi connectivity index (χ2v) is 20.1. The van der Waals surface area contributed by atoms with E-state index in [9.17, 15) is 14.4 Å². The molecule has 0 aliphatic heterocycles. The van der Waals surface area contributed by atoms with Crippen LogP contribution in [0.3, 0.4) is 0 Å². The molecule has 0 spiro atoms. The van der Waals surface area contributed by atoms with E-state index in [1.165, 1.54) is 83.5 Å². The molecule has 4 atom stereocenters. The van der Waals surface area contributed by atoms with Crippen LogP contribution in [0, 0.1) is 23.7 Å². The van der Waals surface area contributed by atoms with E-state index in [4.69, 9.17) is 47.4 Å². The summed E-state index contributed by atoms with van der Waals surface area (Å²) in [7, 11) is 1.59. The molecule has 0 bridgehead atoms. The van der Waals surface area contributed by atoms with Gasteiger partial charge in [0, 0.05) is 39.8 Å². The highest BCUT2D eigenvalue weighted by Gasteiger charge is 2.13. The maximum absolute atomic E-state index is 12.1. The van der Waals surface area contributed by atoms with Gasteiger partial charge in [0.05, 0.1) is 79.2 Å². The molecule has 2 N–H and O–H groups in total. The number of unbranched alkanes of at least 4 members (excludes halogenated alkanes) is 8. The predicted molar refractivity (Wildman–Crippen MR) is 288 cm³/mol. The maximum Gasteiger partial charge on any atom is 0.320 e. The fourth-order valence-corrected chi connectivity index (χ4v) is 7.81. The molecule has 0 aromatic heterocycles. The van der Waals surface area contributed by atoms with Gasteiger partial charge in [0.15, 0.2) is 0 Å². The van der Waals surface area contributed by atoms with E-state index in [1.807, 2.05) is 6.08 Å². The number of methoxy groups -OCH3 is 1. The van der Waals surface area contributed by atoms with Crippen molar-refractivity contribution in [3.63, 3.8) is 0 Å². The first-order valence-corrected chi connectivity index (χ1v) is 28.6. The average Bonchev–Trinajstić information content (AvgIpc) is 3.35. The number of carbonyl (C=O) groups excluding carboxylic acids is 3. The molecule has 0 amide bonds. The van der Waals surface area contributed by atoms with Crippen molar-refractivity contribution in [3.05, 3.63) is 12.2 Å². The summed E-state index contributed by atoms with van der Waals surface area (Å²) in [5.74, 6) is 2.19. The highest BCUT2D eigenvalue weighted by Crippen LogP contribution is 2.23. The van der Waals surface area contributed by atoms with Gasteiger partial charge in [0.25, 0.3) is 0 Å². The molecule has 0 saturated carbocycles. The van der Waals surface area contributed by atoms with Crippen molar-refractivity contribution in [2.75, 3.05) is 132 Å². The van der Waals surface area contributed by atoms with E-state index >= 15 is 0 Å². The van der Waals surface area contributed by atoms with E-state index in [0.29, 0.717) is 105 Å². The lowest BCUT2D eigenvalue weighted by Gasteiger charge is -2.20. The predicted octanol–water partition coefficient (Wildman–Crippen LogP) is 10.2. The highest BCUT2D eigenvalue weighted by molar-refractivity contribution is 5.72.